The molecule has 9 nitrogen and oxygen atoms in total. The van der Waals surface area contributed by atoms with Crippen molar-refractivity contribution in [1.82, 2.24) is 14.8 Å². The minimum absolute atomic E-state index is 0.0243. The van der Waals surface area contributed by atoms with Gasteiger partial charge in [0.25, 0.3) is 5.69 Å². The molecular formula is C19H16N6O3S. The normalized spacial score (nSPS) is 10.4. The summed E-state index contributed by atoms with van der Waals surface area (Å²) < 4.78 is 1.85. The van der Waals surface area contributed by atoms with Crippen molar-refractivity contribution in [2.45, 2.75) is 19.0 Å². The van der Waals surface area contributed by atoms with E-state index < -0.39 is 4.92 Å². The van der Waals surface area contributed by atoms with Gasteiger partial charge in [0.2, 0.25) is 5.91 Å². The Morgan fingerprint density at radius 1 is 1.24 bits per heavy atom. The number of rotatable bonds is 6. The van der Waals surface area contributed by atoms with Crippen molar-refractivity contribution >= 4 is 29.0 Å². The van der Waals surface area contributed by atoms with Crippen LogP contribution in [0.15, 0.2) is 47.6 Å². The number of nitrogens with zero attached hydrogens (tertiary/aromatic N) is 5. The van der Waals surface area contributed by atoms with Crippen molar-refractivity contribution in [2.24, 2.45) is 0 Å². The molecule has 10 heteroatoms. The maximum atomic E-state index is 12.3. The number of nitro benzene ring substituents is 1. The molecule has 0 saturated carbocycles. The number of hydrogen-bond donors (Lipinski definition) is 1. The number of hydrogen-bond acceptors (Lipinski definition) is 7. The molecule has 29 heavy (non-hydrogen) atoms. The molecule has 0 atom stereocenters. The SMILES string of the molecule is Cc1ccc(-n2c(C)nnc2SCC(=O)Nc2ccc([N+](=O)[O-])cc2C#N)cc1. The zero-order chi connectivity index (χ0) is 21.0. The summed E-state index contributed by atoms with van der Waals surface area (Å²) >= 11 is 1.20. The Bertz CT molecular complexity index is 1120. The lowest BCUT2D eigenvalue weighted by molar-refractivity contribution is -0.384. The van der Waals surface area contributed by atoms with Crippen LogP contribution in [-0.4, -0.2) is 31.3 Å². The van der Waals surface area contributed by atoms with Crippen LogP contribution in [-0.2, 0) is 4.79 Å². The summed E-state index contributed by atoms with van der Waals surface area (Å²) in [4.78, 5) is 22.6. The Hall–Kier alpha value is -3.71. The topological polar surface area (TPSA) is 127 Å². The minimum Gasteiger partial charge on any atom is -0.324 e. The zero-order valence-corrected chi connectivity index (χ0v) is 16.4. The number of aromatic nitrogens is 3. The summed E-state index contributed by atoms with van der Waals surface area (Å²) in [5.74, 6) is 0.363. The summed E-state index contributed by atoms with van der Waals surface area (Å²) in [6, 6.07) is 13.4. The average molecular weight is 408 g/mol. The van der Waals surface area contributed by atoms with Gasteiger partial charge in [0, 0.05) is 17.8 Å². The molecule has 0 fully saturated rings. The number of nitriles is 1. The number of thioether (sulfide) groups is 1. The summed E-state index contributed by atoms with van der Waals surface area (Å²) in [6.45, 7) is 3.82. The molecule has 0 unspecified atom stereocenters. The number of anilines is 1. The van der Waals surface area contributed by atoms with Crippen molar-refractivity contribution in [3.8, 4) is 11.8 Å². The van der Waals surface area contributed by atoms with Crippen LogP contribution in [0.5, 0.6) is 0 Å². The van der Waals surface area contributed by atoms with Crippen LogP contribution in [0.25, 0.3) is 5.69 Å². The molecule has 0 aliphatic rings. The molecule has 0 saturated heterocycles. The van der Waals surface area contributed by atoms with Crippen molar-refractivity contribution in [2.75, 3.05) is 11.1 Å². The molecule has 1 amide bonds. The predicted molar refractivity (Wildman–Crippen MR) is 108 cm³/mol. The summed E-state index contributed by atoms with van der Waals surface area (Å²) in [5, 5.41) is 31.4. The van der Waals surface area contributed by atoms with Crippen molar-refractivity contribution < 1.29 is 9.72 Å². The Labute approximate surface area is 170 Å². The number of carbonyl (C=O) groups is 1. The fraction of sp³-hybridized carbons (Fsp3) is 0.158. The largest absolute Gasteiger partial charge is 0.324 e. The highest BCUT2D eigenvalue weighted by Crippen LogP contribution is 2.24. The molecule has 0 aliphatic heterocycles. The molecule has 146 valence electrons. The van der Waals surface area contributed by atoms with E-state index in [1.165, 1.54) is 23.9 Å². The third-order valence-corrected chi connectivity index (χ3v) is 4.96. The number of carbonyl (C=O) groups excluding carboxylic acids is 1. The number of non-ortho nitro benzene ring substituents is 1. The highest BCUT2D eigenvalue weighted by molar-refractivity contribution is 7.99. The lowest BCUT2D eigenvalue weighted by Gasteiger charge is -2.09. The van der Waals surface area contributed by atoms with Gasteiger partial charge >= 0.3 is 0 Å². The molecular weight excluding hydrogens is 392 g/mol. The quantitative estimate of drug-likeness (QED) is 0.376. The van der Waals surface area contributed by atoms with Crippen LogP contribution < -0.4 is 5.32 Å². The first-order valence-electron chi connectivity index (χ1n) is 8.49. The molecule has 0 radical (unpaired) electrons. The van der Waals surface area contributed by atoms with Gasteiger partial charge in [0.05, 0.1) is 21.9 Å². The Balaban J connectivity index is 1.72. The third kappa shape index (κ3) is 4.59. The highest BCUT2D eigenvalue weighted by atomic mass is 32.2. The molecule has 0 aliphatic carbocycles. The lowest BCUT2D eigenvalue weighted by atomic mass is 10.1. The van der Waals surface area contributed by atoms with Crippen LogP contribution in [0.3, 0.4) is 0 Å². The van der Waals surface area contributed by atoms with E-state index in [1.807, 2.05) is 48.7 Å². The van der Waals surface area contributed by atoms with E-state index in [4.69, 9.17) is 0 Å². The number of nitrogens with one attached hydrogen (secondary N) is 1. The maximum Gasteiger partial charge on any atom is 0.270 e. The first-order chi connectivity index (χ1) is 13.9. The summed E-state index contributed by atoms with van der Waals surface area (Å²) in [5.41, 5.74) is 2.05. The molecule has 3 aromatic rings. The number of benzene rings is 2. The number of nitro groups is 1. The molecule has 2 aromatic carbocycles. The Morgan fingerprint density at radius 2 is 1.97 bits per heavy atom. The second-order valence-electron chi connectivity index (χ2n) is 6.14. The van der Waals surface area contributed by atoms with E-state index >= 15 is 0 Å². The van der Waals surface area contributed by atoms with Gasteiger partial charge in [-0.2, -0.15) is 5.26 Å². The van der Waals surface area contributed by atoms with E-state index in [0.29, 0.717) is 11.0 Å². The van der Waals surface area contributed by atoms with Gasteiger partial charge in [-0.15, -0.1) is 10.2 Å². The minimum atomic E-state index is -0.595. The van der Waals surface area contributed by atoms with E-state index in [1.54, 1.807) is 0 Å². The Morgan fingerprint density at radius 3 is 2.62 bits per heavy atom. The standard InChI is InChI=1S/C19H16N6O3S/c1-12-3-5-15(6-4-12)24-13(2)22-23-19(24)29-11-18(26)21-17-8-7-16(25(27)28)9-14(17)10-20/h3-9H,11H2,1-2H3,(H,21,26). The third-order valence-electron chi connectivity index (χ3n) is 4.03. The first-order valence-corrected chi connectivity index (χ1v) is 9.48. The monoisotopic (exact) mass is 408 g/mol. The lowest BCUT2D eigenvalue weighted by Crippen LogP contribution is -2.15. The molecule has 3 rings (SSSR count). The van der Waals surface area contributed by atoms with Gasteiger partial charge in [-0.3, -0.25) is 19.5 Å². The smallest absolute Gasteiger partial charge is 0.270 e. The molecule has 0 bridgehead atoms. The fourth-order valence-corrected chi connectivity index (χ4v) is 3.39. The summed E-state index contributed by atoms with van der Waals surface area (Å²) in [7, 11) is 0. The molecule has 0 spiro atoms. The Kier molecular flexibility index (Phi) is 5.90. The van der Waals surface area contributed by atoms with Gasteiger partial charge < -0.3 is 5.32 Å². The van der Waals surface area contributed by atoms with Gasteiger partial charge in [-0.1, -0.05) is 29.5 Å². The van der Waals surface area contributed by atoms with Crippen LogP contribution in [0.1, 0.15) is 17.0 Å². The van der Waals surface area contributed by atoms with Gasteiger partial charge in [0.1, 0.15) is 11.9 Å². The predicted octanol–water partition coefficient (Wildman–Crippen LogP) is 3.39. The van der Waals surface area contributed by atoms with E-state index in [2.05, 4.69) is 15.5 Å². The maximum absolute atomic E-state index is 12.3. The molecule has 1 N–H and O–H groups in total. The first kappa shape index (κ1) is 20.0. The summed E-state index contributed by atoms with van der Waals surface area (Å²) in [6.07, 6.45) is 0. The van der Waals surface area contributed by atoms with Crippen molar-refractivity contribution in [1.29, 1.82) is 5.26 Å². The second kappa shape index (κ2) is 8.53. The van der Waals surface area contributed by atoms with Crippen LogP contribution in [0, 0.1) is 35.3 Å². The van der Waals surface area contributed by atoms with Crippen LogP contribution in [0.2, 0.25) is 0 Å². The molecule has 1 aromatic heterocycles. The van der Waals surface area contributed by atoms with Gasteiger partial charge in [-0.05, 0) is 32.0 Å². The van der Waals surface area contributed by atoms with Crippen molar-refractivity contribution in [3.05, 3.63) is 69.5 Å². The van der Waals surface area contributed by atoms with Gasteiger partial charge in [-0.25, -0.2) is 0 Å². The zero-order valence-electron chi connectivity index (χ0n) is 15.6. The highest BCUT2D eigenvalue weighted by Gasteiger charge is 2.16. The van der Waals surface area contributed by atoms with E-state index in [0.717, 1.165) is 17.3 Å². The number of aryl methyl sites for hydroxylation is 2. The van der Waals surface area contributed by atoms with Gasteiger partial charge in [0.15, 0.2) is 5.16 Å². The van der Waals surface area contributed by atoms with Crippen molar-refractivity contribution in [3.63, 3.8) is 0 Å². The second-order valence-corrected chi connectivity index (χ2v) is 7.08. The average Bonchev–Trinajstić information content (AvgIpc) is 3.07. The van der Waals surface area contributed by atoms with E-state index in [9.17, 15) is 20.2 Å². The van der Waals surface area contributed by atoms with E-state index in [-0.39, 0.29) is 28.6 Å². The number of amides is 1. The van der Waals surface area contributed by atoms with Crippen LogP contribution in [0.4, 0.5) is 11.4 Å². The fourth-order valence-electron chi connectivity index (χ4n) is 2.59. The molecule has 1 heterocycles. The van der Waals surface area contributed by atoms with Crippen LogP contribution >= 0.6 is 11.8 Å².